The highest BCUT2D eigenvalue weighted by Crippen LogP contribution is 2.69. The van der Waals surface area contributed by atoms with Gasteiger partial charge in [0.15, 0.2) is 23.1 Å². The van der Waals surface area contributed by atoms with E-state index in [1.807, 2.05) is 12.2 Å². The molecule has 8 heteroatoms. The van der Waals surface area contributed by atoms with Crippen molar-refractivity contribution in [1.29, 1.82) is 0 Å². The molecular weight excluding hydrogens is 680 g/mol. The van der Waals surface area contributed by atoms with Crippen LogP contribution in [0.5, 0.6) is 0 Å². The predicted molar refractivity (Wildman–Crippen MR) is 207 cm³/mol. The Morgan fingerprint density at radius 3 is 1.69 bits per heavy atom. The summed E-state index contributed by atoms with van der Waals surface area (Å²) in [6.45, 7) is 17.7. The molecule has 0 saturated heterocycles. The standard InChI is InChI=1S/C22H32O3.C22H30O3.C2H4O2/c2*1-13-11-16-17(20(3)8-5-15(24)12-19(13)20)6-9-21(4)18(16)7-10-22(21,25)14(2)23;1-2(3)4/h12-13,16-18,25H,5-11H2,1-4H3;11-12,16-18,25H,5-10H2,1-4H3;1H3,(H,3,4)/t13-,16+,17-,18-,20+,21-,22-;16-,17+,18+,20-,21+,22+;/m01./s1. The van der Waals surface area contributed by atoms with Crippen molar-refractivity contribution in [1.82, 2.24) is 0 Å². The number of hydrogen-bond acceptors (Lipinski definition) is 7. The van der Waals surface area contributed by atoms with Crippen LogP contribution in [0.25, 0.3) is 0 Å². The highest BCUT2D eigenvalue weighted by atomic mass is 16.4. The minimum atomic E-state index is -1.16. The van der Waals surface area contributed by atoms with Crippen molar-refractivity contribution in [2.75, 3.05) is 0 Å². The molecule has 13 atom stereocenters. The topological polar surface area (TPSA) is 146 Å². The van der Waals surface area contributed by atoms with Gasteiger partial charge in [-0.2, -0.15) is 0 Å². The predicted octanol–water partition coefficient (Wildman–Crippen LogP) is 8.18. The Labute approximate surface area is 322 Å². The Morgan fingerprint density at radius 2 is 1.13 bits per heavy atom. The van der Waals surface area contributed by atoms with Crippen LogP contribution in [0.15, 0.2) is 34.9 Å². The third kappa shape index (κ3) is 5.92. The maximum Gasteiger partial charge on any atom is 0.300 e. The quantitative estimate of drug-likeness (QED) is 0.257. The highest BCUT2D eigenvalue weighted by Gasteiger charge is 2.67. The van der Waals surface area contributed by atoms with E-state index in [1.54, 1.807) is 13.8 Å². The summed E-state index contributed by atoms with van der Waals surface area (Å²) in [4.78, 5) is 57.5. The molecule has 0 aromatic carbocycles. The summed E-state index contributed by atoms with van der Waals surface area (Å²) in [5, 5.41) is 29.8. The lowest BCUT2D eigenvalue weighted by atomic mass is 9.45. The van der Waals surface area contributed by atoms with Gasteiger partial charge in [0.25, 0.3) is 5.97 Å². The molecule has 5 saturated carbocycles. The summed E-state index contributed by atoms with van der Waals surface area (Å²) >= 11 is 0. The summed E-state index contributed by atoms with van der Waals surface area (Å²) in [6.07, 6.45) is 17.6. The summed E-state index contributed by atoms with van der Waals surface area (Å²) in [5.74, 6) is 2.90. The number of ketones is 4. The van der Waals surface area contributed by atoms with Gasteiger partial charge in [-0.3, -0.25) is 24.0 Å². The molecule has 5 fully saturated rings. The summed E-state index contributed by atoms with van der Waals surface area (Å²) in [7, 11) is 0. The van der Waals surface area contributed by atoms with Crippen molar-refractivity contribution in [3.63, 3.8) is 0 Å². The molecule has 8 rings (SSSR count). The Balaban J connectivity index is 0.000000168. The maximum absolute atomic E-state index is 12.3. The smallest absolute Gasteiger partial charge is 0.300 e. The highest BCUT2D eigenvalue weighted by molar-refractivity contribution is 5.93. The number of allylic oxidation sites excluding steroid dienone is 5. The molecule has 0 unspecified atom stereocenters. The molecule has 8 aliphatic rings. The Kier molecular flexibility index (Phi) is 10.4. The first-order chi connectivity index (χ1) is 25.0. The Morgan fingerprint density at radius 1 is 0.667 bits per heavy atom. The molecule has 0 spiro atoms. The first-order valence-corrected chi connectivity index (χ1v) is 20.9. The van der Waals surface area contributed by atoms with E-state index in [0.29, 0.717) is 72.9 Å². The van der Waals surface area contributed by atoms with Crippen LogP contribution in [0.1, 0.15) is 146 Å². The van der Waals surface area contributed by atoms with E-state index in [1.165, 1.54) is 16.7 Å². The molecule has 8 nitrogen and oxygen atoms in total. The van der Waals surface area contributed by atoms with E-state index in [-0.39, 0.29) is 39.0 Å². The van der Waals surface area contributed by atoms with E-state index in [0.717, 1.165) is 64.7 Å². The fourth-order valence-corrected chi connectivity index (χ4v) is 14.6. The third-order valence-corrected chi connectivity index (χ3v) is 17.6. The normalized spacial score (nSPS) is 47.2. The van der Waals surface area contributed by atoms with Gasteiger partial charge in [-0.25, -0.2) is 0 Å². The van der Waals surface area contributed by atoms with Crippen LogP contribution in [0.3, 0.4) is 0 Å². The average molecular weight is 747 g/mol. The van der Waals surface area contributed by atoms with E-state index in [2.05, 4.69) is 47.6 Å². The Bertz CT molecular complexity index is 1720. The first-order valence-electron chi connectivity index (χ1n) is 20.9. The zero-order valence-electron chi connectivity index (χ0n) is 34.3. The number of Topliss-reactive ketones (excluding diaryl/α,β-unsaturated/α-hetero) is 2. The summed E-state index contributed by atoms with van der Waals surface area (Å²) < 4.78 is 0. The molecule has 0 aromatic heterocycles. The SMILES string of the molecule is CC(=O)O.CC(=O)[C@@]1(O)CC[C@H]2[C@@H]3C=C(C)C4=CC(=O)CC[C@]4(C)[C@H]3CC[C@@]21C.CC(=O)[C@@]1(O)CC[C@H]2[C@@H]3C[C@H](C)C4=CC(=O)CC[C@]4(C)[C@H]3CC[C@@]21C. The van der Waals surface area contributed by atoms with Crippen molar-refractivity contribution in [3.05, 3.63) is 34.9 Å². The number of aliphatic carboxylic acids is 1. The van der Waals surface area contributed by atoms with Crippen molar-refractivity contribution < 1.29 is 39.3 Å². The lowest BCUT2D eigenvalue weighted by Crippen LogP contribution is -2.57. The molecule has 0 aromatic rings. The van der Waals surface area contributed by atoms with Gasteiger partial charge in [0.05, 0.1) is 0 Å². The second kappa shape index (κ2) is 13.7. The number of fused-ring (bicyclic) bond motifs is 10. The fourth-order valence-electron chi connectivity index (χ4n) is 14.6. The van der Waals surface area contributed by atoms with Gasteiger partial charge in [-0.15, -0.1) is 0 Å². The van der Waals surface area contributed by atoms with E-state index < -0.39 is 17.2 Å². The maximum atomic E-state index is 12.3. The van der Waals surface area contributed by atoms with Crippen LogP contribution in [-0.2, 0) is 24.0 Å². The fraction of sp³-hybridized carbons (Fsp3) is 0.761. The van der Waals surface area contributed by atoms with Gasteiger partial charge < -0.3 is 15.3 Å². The van der Waals surface area contributed by atoms with Gasteiger partial charge >= 0.3 is 0 Å². The van der Waals surface area contributed by atoms with Gasteiger partial charge in [-0.1, -0.05) is 51.8 Å². The molecule has 3 N–H and O–H groups in total. The number of hydrogen-bond donors (Lipinski definition) is 3. The minimum Gasteiger partial charge on any atom is -0.481 e. The zero-order chi connectivity index (χ0) is 40.0. The monoisotopic (exact) mass is 746 g/mol. The van der Waals surface area contributed by atoms with Gasteiger partial charge in [0, 0.05) is 30.6 Å². The van der Waals surface area contributed by atoms with Crippen LogP contribution < -0.4 is 0 Å². The third-order valence-electron chi connectivity index (χ3n) is 17.6. The van der Waals surface area contributed by atoms with Crippen LogP contribution in [0.4, 0.5) is 0 Å². The molecule has 8 aliphatic carbocycles. The van der Waals surface area contributed by atoms with Gasteiger partial charge in [0.1, 0.15) is 11.2 Å². The number of carboxylic acids is 1. The second-order valence-electron chi connectivity index (χ2n) is 19.9. The van der Waals surface area contributed by atoms with Crippen LogP contribution in [-0.4, -0.2) is 55.6 Å². The molecular formula is C46H66O8. The van der Waals surface area contributed by atoms with E-state index in [9.17, 15) is 29.4 Å². The van der Waals surface area contributed by atoms with Gasteiger partial charge in [-0.05, 0) is 161 Å². The summed E-state index contributed by atoms with van der Waals surface area (Å²) in [6, 6.07) is 0. The largest absolute Gasteiger partial charge is 0.481 e. The molecule has 0 aliphatic heterocycles. The molecule has 298 valence electrons. The van der Waals surface area contributed by atoms with Crippen LogP contribution >= 0.6 is 0 Å². The molecule has 0 amide bonds. The summed E-state index contributed by atoms with van der Waals surface area (Å²) in [5.41, 5.74) is 1.17. The molecule has 0 radical (unpaired) electrons. The molecule has 0 bridgehead atoms. The van der Waals surface area contributed by atoms with Crippen molar-refractivity contribution in [2.45, 2.75) is 157 Å². The van der Waals surface area contributed by atoms with Crippen LogP contribution in [0.2, 0.25) is 0 Å². The minimum absolute atomic E-state index is 0.0464. The number of aliphatic hydroxyl groups is 2. The van der Waals surface area contributed by atoms with Gasteiger partial charge in [0.2, 0.25) is 0 Å². The lowest BCUT2D eigenvalue weighted by molar-refractivity contribution is -0.161. The molecule has 0 heterocycles. The lowest BCUT2D eigenvalue weighted by Gasteiger charge is -2.60. The van der Waals surface area contributed by atoms with Crippen molar-refractivity contribution >= 4 is 29.1 Å². The number of carbonyl (C=O) groups is 5. The number of carboxylic acid groups (broad SMARTS) is 1. The van der Waals surface area contributed by atoms with E-state index >= 15 is 0 Å². The van der Waals surface area contributed by atoms with Crippen molar-refractivity contribution in [2.24, 2.45) is 63.1 Å². The van der Waals surface area contributed by atoms with Crippen LogP contribution in [0, 0.1) is 63.1 Å². The molecule has 54 heavy (non-hydrogen) atoms. The van der Waals surface area contributed by atoms with E-state index in [4.69, 9.17) is 9.90 Å². The first kappa shape index (κ1) is 40.9. The number of carbonyl (C=O) groups excluding carboxylic acids is 4. The number of rotatable bonds is 2. The average Bonchev–Trinajstić information content (AvgIpc) is 3.53. The second-order valence-corrected chi connectivity index (χ2v) is 19.9. The van der Waals surface area contributed by atoms with Crippen molar-refractivity contribution in [3.8, 4) is 0 Å². The zero-order valence-corrected chi connectivity index (χ0v) is 34.3. The Hall–Kier alpha value is -2.71.